The van der Waals surface area contributed by atoms with Gasteiger partial charge in [-0.2, -0.15) is 13.2 Å². The summed E-state index contributed by atoms with van der Waals surface area (Å²) < 4.78 is 63.4. The van der Waals surface area contributed by atoms with E-state index in [2.05, 4.69) is 0 Å². The Hall–Kier alpha value is -3.34. The first-order chi connectivity index (χ1) is 19.6. The quantitative estimate of drug-likeness (QED) is 0.177. The number of ether oxygens (including phenoxy) is 3. The van der Waals surface area contributed by atoms with Gasteiger partial charge in [0.1, 0.15) is 17.1 Å². The molecule has 3 aromatic carbocycles. The summed E-state index contributed by atoms with van der Waals surface area (Å²) in [6, 6.07) is 24.4. The third kappa shape index (κ3) is 7.73. The van der Waals surface area contributed by atoms with Gasteiger partial charge in [-0.25, -0.2) is 0 Å². The molecule has 10 heteroatoms. The van der Waals surface area contributed by atoms with Crippen LogP contribution in [0.15, 0.2) is 78.9 Å². The van der Waals surface area contributed by atoms with E-state index in [-0.39, 0.29) is 18.2 Å². The van der Waals surface area contributed by atoms with Gasteiger partial charge in [-0.3, -0.25) is 4.79 Å². The van der Waals surface area contributed by atoms with Gasteiger partial charge >= 0.3 is 12.1 Å². The number of alkyl halides is 3. The zero-order valence-electron chi connectivity index (χ0n) is 25.2. The molecule has 0 aliphatic rings. The van der Waals surface area contributed by atoms with Crippen LogP contribution in [0.3, 0.4) is 0 Å². The zero-order chi connectivity index (χ0) is 31.2. The highest BCUT2D eigenvalue weighted by molar-refractivity contribution is 6.74. The lowest BCUT2D eigenvalue weighted by Gasteiger charge is -2.41. The topological polar surface area (TPSA) is 66.0 Å². The molecule has 1 amide bonds. The van der Waals surface area contributed by atoms with Gasteiger partial charge in [-0.15, -0.1) is 0 Å². The van der Waals surface area contributed by atoms with Crippen LogP contribution in [-0.4, -0.2) is 53.9 Å². The summed E-state index contributed by atoms with van der Waals surface area (Å²) >= 11 is 0. The minimum atomic E-state index is -5.01. The van der Waals surface area contributed by atoms with Crippen molar-refractivity contribution in [2.24, 2.45) is 0 Å². The predicted octanol–water partition coefficient (Wildman–Crippen LogP) is 7.08. The Bertz CT molecular complexity index is 1240. The van der Waals surface area contributed by atoms with Gasteiger partial charge in [-0.05, 0) is 59.1 Å². The second-order valence-corrected chi connectivity index (χ2v) is 16.3. The number of hydrogen-bond donors (Lipinski definition) is 1. The Morgan fingerprint density at radius 3 is 1.64 bits per heavy atom. The number of benzene rings is 3. The third-order valence-electron chi connectivity index (χ3n) is 7.67. The second kappa shape index (κ2) is 13.3. The molecule has 0 aliphatic carbocycles. The fourth-order valence-corrected chi connectivity index (χ4v) is 5.67. The Labute approximate surface area is 247 Å². The highest BCUT2D eigenvalue weighted by Crippen LogP contribution is 2.43. The number of nitrogens with one attached hydrogen (secondary N) is 1. The van der Waals surface area contributed by atoms with Crippen LogP contribution in [0.25, 0.3) is 0 Å². The first-order valence-corrected chi connectivity index (χ1v) is 16.6. The van der Waals surface area contributed by atoms with Gasteiger partial charge in [0.2, 0.25) is 0 Å². The van der Waals surface area contributed by atoms with Crippen molar-refractivity contribution < 1.29 is 36.6 Å². The molecular weight excluding hydrogens is 563 g/mol. The Morgan fingerprint density at radius 2 is 1.24 bits per heavy atom. The highest BCUT2D eigenvalue weighted by atomic mass is 28.4. The predicted molar refractivity (Wildman–Crippen MR) is 159 cm³/mol. The summed E-state index contributed by atoms with van der Waals surface area (Å²) in [5, 5.41) is 1.77. The van der Waals surface area contributed by atoms with Gasteiger partial charge in [0.05, 0.1) is 26.9 Å². The van der Waals surface area contributed by atoms with Crippen LogP contribution in [0.1, 0.15) is 37.5 Å². The SMILES string of the molecule is COc1ccc(C(OCC(CNC(=O)C(F)(F)F)O[Si](C)(C)C(C)(C)C)(c2ccccc2)c2ccc(OC)cc2)cc1. The number of amides is 1. The summed E-state index contributed by atoms with van der Waals surface area (Å²) in [6.45, 7) is 9.63. The van der Waals surface area contributed by atoms with Crippen molar-refractivity contribution in [1.82, 2.24) is 5.32 Å². The normalized spacial score (nSPS) is 13.4. The Kier molecular flexibility index (Phi) is 10.5. The van der Waals surface area contributed by atoms with Crippen molar-refractivity contribution in [3.05, 3.63) is 95.6 Å². The summed E-state index contributed by atoms with van der Waals surface area (Å²) in [6.07, 6.45) is -5.88. The monoisotopic (exact) mass is 603 g/mol. The molecule has 0 heterocycles. The molecule has 1 N–H and O–H groups in total. The number of rotatable bonds is 12. The van der Waals surface area contributed by atoms with E-state index < -0.39 is 32.1 Å². The highest BCUT2D eigenvalue weighted by Gasteiger charge is 2.43. The first kappa shape index (κ1) is 33.2. The molecule has 0 saturated carbocycles. The minimum Gasteiger partial charge on any atom is -0.497 e. The number of carbonyl (C=O) groups excluding carboxylic acids is 1. The van der Waals surface area contributed by atoms with Crippen LogP contribution < -0.4 is 14.8 Å². The number of hydrogen-bond acceptors (Lipinski definition) is 5. The minimum absolute atomic E-state index is 0.113. The zero-order valence-corrected chi connectivity index (χ0v) is 26.2. The van der Waals surface area contributed by atoms with Gasteiger partial charge in [0.25, 0.3) is 0 Å². The molecule has 3 rings (SSSR count). The molecule has 0 radical (unpaired) electrons. The maximum absolute atomic E-state index is 13.1. The molecule has 1 atom stereocenters. The summed E-state index contributed by atoms with van der Waals surface area (Å²) in [5.74, 6) is -0.708. The van der Waals surface area contributed by atoms with Crippen LogP contribution in [0.2, 0.25) is 18.1 Å². The van der Waals surface area contributed by atoms with Crippen molar-refractivity contribution in [3.63, 3.8) is 0 Å². The van der Waals surface area contributed by atoms with E-state index in [1.807, 2.05) is 118 Å². The lowest BCUT2D eigenvalue weighted by molar-refractivity contribution is -0.174. The van der Waals surface area contributed by atoms with Crippen LogP contribution in [0.5, 0.6) is 11.5 Å². The van der Waals surface area contributed by atoms with Crippen molar-refractivity contribution in [3.8, 4) is 11.5 Å². The average molecular weight is 604 g/mol. The van der Waals surface area contributed by atoms with E-state index >= 15 is 0 Å². The molecule has 0 spiro atoms. The Balaban J connectivity index is 2.13. The summed E-state index contributed by atoms with van der Waals surface area (Å²) in [4.78, 5) is 11.8. The molecule has 0 bridgehead atoms. The summed E-state index contributed by atoms with van der Waals surface area (Å²) in [7, 11) is 0.671. The van der Waals surface area contributed by atoms with Crippen molar-refractivity contribution in [2.75, 3.05) is 27.4 Å². The van der Waals surface area contributed by atoms with Gasteiger partial charge in [0.15, 0.2) is 8.32 Å². The summed E-state index contributed by atoms with van der Waals surface area (Å²) in [5.41, 5.74) is 1.14. The van der Waals surface area contributed by atoms with Crippen LogP contribution >= 0.6 is 0 Å². The van der Waals surface area contributed by atoms with Crippen molar-refractivity contribution in [2.45, 2.75) is 56.8 Å². The third-order valence-corrected chi connectivity index (χ3v) is 12.2. The van der Waals surface area contributed by atoms with E-state index in [0.29, 0.717) is 11.5 Å². The standard InChI is InChI=1S/C32H40F3NO5Si/c1-30(2,3)42(6,7)41-28(21-36-29(37)32(33,34)35)22-40-31(23-11-9-8-10-12-23,24-13-17-26(38-4)18-14-24)25-15-19-27(39-5)20-16-25/h8-20,28H,21-22H2,1-7H3,(H,36,37). The Morgan fingerprint density at radius 1 is 0.786 bits per heavy atom. The van der Waals surface area contributed by atoms with E-state index in [1.165, 1.54) is 0 Å². The molecule has 228 valence electrons. The van der Waals surface area contributed by atoms with Crippen molar-refractivity contribution in [1.29, 1.82) is 0 Å². The number of carbonyl (C=O) groups is 1. The average Bonchev–Trinajstić information content (AvgIpc) is 2.95. The fraction of sp³-hybridized carbons (Fsp3) is 0.406. The molecule has 0 fully saturated rings. The largest absolute Gasteiger partial charge is 0.497 e. The lowest BCUT2D eigenvalue weighted by Crippen LogP contribution is -2.50. The molecule has 1 unspecified atom stereocenters. The molecule has 6 nitrogen and oxygen atoms in total. The molecule has 0 saturated heterocycles. The smallest absolute Gasteiger partial charge is 0.471 e. The number of methoxy groups -OCH3 is 2. The van der Waals surface area contributed by atoms with E-state index in [4.69, 9.17) is 18.6 Å². The fourth-order valence-electron chi connectivity index (χ4n) is 4.33. The molecule has 3 aromatic rings. The van der Waals surface area contributed by atoms with Crippen molar-refractivity contribution >= 4 is 14.2 Å². The molecule has 0 aromatic heterocycles. The molecule has 42 heavy (non-hydrogen) atoms. The van der Waals surface area contributed by atoms with Gasteiger partial charge in [0, 0.05) is 6.54 Å². The maximum Gasteiger partial charge on any atom is 0.471 e. The molecular formula is C32H40F3NO5Si. The van der Waals surface area contributed by atoms with Gasteiger partial charge in [-0.1, -0.05) is 75.4 Å². The van der Waals surface area contributed by atoms with Crippen LogP contribution in [0, 0.1) is 0 Å². The van der Waals surface area contributed by atoms with E-state index in [9.17, 15) is 18.0 Å². The maximum atomic E-state index is 13.1. The van der Waals surface area contributed by atoms with E-state index in [0.717, 1.165) is 16.7 Å². The lowest BCUT2D eigenvalue weighted by atomic mass is 9.80. The number of halogens is 3. The second-order valence-electron chi connectivity index (χ2n) is 11.5. The van der Waals surface area contributed by atoms with Crippen LogP contribution in [0.4, 0.5) is 13.2 Å². The van der Waals surface area contributed by atoms with Crippen LogP contribution in [-0.2, 0) is 19.6 Å². The first-order valence-electron chi connectivity index (χ1n) is 13.7. The molecule has 0 aliphatic heterocycles. The van der Waals surface area contributed by atoms with E-state index in [1.54, 1.807) is 14.2 Å². The van der Waals surface area contributed by atoms with Gasteiger partial charge < -0.3 is 24.0 Å².